The molecule has 2 aromatic heterocycles. The third-order valence-corrected chi connectivity index (χ3v) is 14.2. The molecule has 12 nitrogen and oxygen atoms in total. The number of piperidine rings is 2. The molecule has 3 aromatic carbocycles. The first-order valence-electron chi connectivity index (χ1n) is 20.9. The first kappa shape index (κ1) is 38.5. The molecule has 0 radical (unpaired) electrons. The van der Waals surface area contributed by atoms with Crippen LogP contribution in [0.1, 0.15) is 76.9 Å². The van der Waals surface area contributed by atoms with Gasteiger partial charge in [0.2, 0.25) is 5.91 Å². The van der Waals surface area contributed by atoms with E-state index in [1.807, 2.05) is 33.7 Å². The number of aryl methyl sites for hydroxylation is 1. The molecule has 7 heterocycles. The van der Waals surface area contributed by atoms with Gasteiger partial charge in [0.05, 0.1) is 25.1 Å². The number of carbonyl (C=O) groups excluding carboxylic acids is 3. The Morgan fingerprint density at radius 2 is 1.72 bits per heavy atom. The molecule has 1 atom stereocenters. The van der Waals surface area contributed by atoms with Gasteiger partial charge >= 0.3 is 0 Å². The Balaban J connectivity index is 0.749. The smallest absolute Gasteiger partial charge is 0.255 e. The molecule has 0 saturated carbocycles. The van der Waals surface area contributed by atoms with Crippen molar-refractivity contribution in [3.8, 4) is 11.1 Å². The molecule has 5 aromatic rings. The predicted molar refractivity (Wildman–Crippen MR) is 225 cm³/mol. The van der Waals surface area contributed by atoms with E-state index < -0.39 is 23.7 Å². The lowest BCUT2D eigenvalue weighted by atomic mass is 9.72. The first-order chi connectivity index (χ1) is 29.1. The number of benzene rings is 3. The van der Waals surface area contributed by atoms with Crippen LogP contribution in [0.25, 0.3) is 11.1 Å². The van der Waals surface area contributed by atoms with Crippen LogP contribution >= 0.6 is 11.3 Å². The van der Waals surface area contributed by atoms with Gasteiger partial charge in [-0.3, -0.25) is 24.6 Å². The van der Waals surface area contributed by atoms with Crippen LogP contribution in [0.2, 0.25) is 0 Å². The van der Waals surface area contributed by atoms with Crippen LogP contribution in [0.5, 0.6) is 0 Å². The molecule has 5 aliphatic heterocycles. The largest absolute Gasteiger partial charge is 0.399 e. The fourth-order valence-electron chi connectivity index (χ4n) is 10.1. The summed E-state index contributed by atoms with van der Waals surface area (Å²) in [5.41, 5.74) is 11.5. The van der Waals surface area contributed by atoms with Crippen molar-refractivity contribution in [3.63, 3.8) is 0 Å². The molecular formula is C45H47F2N9O3S. The van der Waals surface area contributed by atoms with E-state index in [0.717, 1.165) is 107 Å². The van der Waals surface area contributed by atoms with Gasteiger partial charge in [-0.2, -0.15) is 0 Å². The fourth-order valence-corrected chi connectivity index (χ4v) is 10.6. The second kappa shape index (κ2) is 15.4. The van der Waals surface area contributed by atoms with Crippen LogP contribution in [-0.2, 0) is 29.1 Å². The fraction of sp³-hybridized carbons (Fsp3) is 0.400. The van der Waals surface area contributed by atoms with Gasteiger partial charge in [-0.15, -0.1) is 11.3 Å². The number of aromatic nitrogens is 3. The number of hydrogen-bond acceptors (Lipinski definition) is 9. The van der Waals surface area contributed by atoms with Crippen molar-refractivity contribution in [2.45, 2.75) is 63.6 Å². The van der Waals surface area contributed by atoms with E-state index in [2.05, 4.69) is 25.1 Å². The standard InChI is InChI=1S/C45H47F2N9O3S/c46-36-21-30(20-34-35(36)23-56(43(34)59)41(42(58)51-44-49-13-19-60-44)40-38-2-1-14-54(38)27-50-40)28-3-6-32(7-4-28)53-17-11-45(12-18-53)25-55(26-45)39(57)24-52-15-9-29(10-16-52)33-8-5-31(48)22-37(33)47/h3-8,13,19-22,27,29,41H,1-2,9-12,14-18,23-26,48H2,(H,49,51,58). The highest BCUT2D eigenvalue weighted by atomic mass is 32.1. The normalized spacial score (nSPS) is 19.4. The molecule has 3 N–H and O–H groups in total. The lowest BCUT2D eigenvalue weighted by molar-refractivity contribution is -0.146. The van der Waals surface area contributed by atoms with Crippen LogP contribution in [0.3, 0.4) is 0 Å². The highest BCUT2D eigenvalue weighted by Crippen LogP contribution is 2.43. The lowest BCUT2D eigenvalue weighted by Crippen LogP contribution is -2.63. The number of hydrogen-bond donors (Lipinski definition) is 2. The van der Waals surface area contributed by atoms with Crippen molar-refractivity contribution >= 4 is 45.6 Å². The molecule has 0 aliphatic carbocycles. The molecule has 1 spiro atoms. The van der Waals surface area contributed by atoms with Crippen molar-refractivity contribution in [2.75, 3.05) is 61.8 Å². The van der Waals surface area contributed by atoms with E-state index in [-0.39, 0.29) is 40.7 Å². The van der Waals surface area contributed by atoms with E-state index in [1.54, 1.807) is 36.1 Å². The summed E-state index contributed by atoms with van der Waals surface area (Å²) in [6, 6.07) is 15.1. The molecule has 60 heavy (non-hydrogen) atoms. The summed E-state index contributed by atoms with van der Waals surface area (Å²) in [6.07, 6.45) is 8.63. The van der Waals surface area contributed by atoms with E-state index in [1.165, 1.54) is 28.4 Å². The predicted octanol–water partition coefficient (Wildman–Crippen LogP) is 6.46. The number of nitrogens with two attached hydrogens (primary N) is 1. The van der Waals surface area contributed by atoms with Crippen molar-refractivity contribution in [1.82, 2.24) is 29.2 Å². The van der Waals surface area contributed by atoms with Gasteiger partial charge in [0.25, 0.3) is 11.8 Å². The van der Waals surface area contributed by atoms with Gasteiger partial charge in [-0.05, 0) is 111 Å². The summed E-state index contributed by atoms with van der Waals surface area (Å²) < 4.78 is 32.4. The summed E-state index contributed by atoms with van der Waals surface area (Å²) in [7, 11) is 0. The lowest BCUT2D eigenvalue weighted by Gasteiger charge is -2.54. The number of anilines is 3. The van der Waals surface area contributed by atoms with E-state index in [4.69, 9.17) is 5.73 Å². The van der Waals surface area contributed by atoms with Crippen LogP contribution in [0, 0.1) is 17.0 Å². The average Bonchev–Trinajstić information content (AvgIpc) is 4.06. The molecule has 310 valence electrons. The maximum atomic E-state index is 15.9. The van der Waals surface area contributed by atoms with Gasteiger partial charge in [-0.25, -0.2) is 18.7 Å². The third-order valence-electron chi connectivity index (χ3n) is 13.5. The highest BCUT2D eigenvalue weighted by molar-refractivity contribution is 7.13. The van der Waals surface area contributed by atoms with Crippen LogP contribution in [0.15, 0.2) is 72.5 Å². The first-order valence-corrected chi connectivity index (χ1v) is 21.8. The minimum atomic E-state index is -1.04. The topological polar surface area (TPSA) is 133 Å². The zero-order valence-corrected chi connectivity index (χ0v) is 34.1. The zero-order valence-electron chi connectivity index (χ0n) is 33.3. The Labute approximate surface area is 351 Å². The van der Waals surface area contributed by atoms with Crippen molar-refractivity contribution in [1.29, 1.82) is 0 Å². The van der Waals surface area contributed by atoms with Crippen LogP contribution < -0.4 is 16.0 Å². The molecule has 5 aliphatic rings. The molecule has 0 bridgehead atoms. The number of thiazole rings is 1. The number of fused-ring (bicyclic) bond motifs is 2. The molecular weight excluding hydrogens is 785 g/mol. The summed E-state index contributed by atoms with van der Waals surface area (Å²) in [4.78, 5) is 58.0. The number of halogens is 2. The number of rotatable bonds is 9. The number of nitrogens with zero attached hydrogens (tertiary/aromatic N) is 7. The SMILES string of the molecule is Nc1ccc(C2CCN(CC(=O)N3CC4(CCN(c5ccc(-c6cc(F)c7c(c6)C(=O)N(C(C(=O)Nc6nccs6)c6ncn8c6CCC8)C7)cc5)CC4)C3)CC2)c(F)c1. The molecule has 1 unspecified atom stereocenters. The molecule has 10 rings (SSSR count). The summed E-state index contributed by atoms with van der Waals surface area (Å²) in [6.45, 7) is 6.04. The van der Waals surface area contributed by atoms with Crippen molar-refractivity contribution < 1.29 is 23.2 Å². The number of carbonyl (C=O) groups is 3. The number of nitrogen functional groups attached to an aromatic ring is 1. The number of nitrogens with one attached hydrogen (secondary N) is 1. The van der Waals surface area contributed by atoms with Gasteiger partial charge in [-0.1, -0.05) is 18.2 Å². The molecule has 3 fully saturated rings. The molecule has 3 saturated heterocycles. The highest BCUT2D eigenvalue weighted by Gasteiger charge is 2.47. The zero-order chi connectivity index (χ0) is 41.1. The average molecular weight is 832 g/mol. The summed E-state index contributed by atoms with van der Waals surface area (Å²) >= 11 is 1.28. The van der Waals surface area contributed by atoms with Gasteiger partial charge < -0.3 is 25.0 Å². The number of likely N-dealkylation sites (tertiary alicyclic amines) is 2. The van der Waals surface area contributed by atoms with Crippen molar-refractivity contribution in [3.05, 3.63) is 112 Å². The Morgan fingerprint density at radius 3 is 2.45 bits per heavy atom. The van der Waals surface area contributed by atoms with Crippen LogP contribution in [0.4, 0.5) is 25.3 Å². The second-order valence-corrected chi connectivity index (χ2v) is 18.0. The Bertz CT molecular complexity index is 2450. The Kier molecular flexibility index (Phi) is 9.90. The summed E-state index contributed by atoms with van der Waals surface area (Å²) in [5.74, 6) is -1.25. The number of imidazole rings is 1. The Hall–Kier alpha value is -5.67. The molecule has 15 heteroatoms. The van der Waals surface area contributed by atoms with Gasteiger partial charge in [0, 0.05) is 77.9 Å². The van der Waals surface area contributed by atoms with Gasteiger partial charge in [0.15, 0.2) is 11.2 Å². The monoisotopic (exact) mass is 831 g/mol. The third kappa shape index (κ3) is 7.10. The van der Waals surface area contributed by atoms with Gasteiger partial charge in [0.1, 0.15) is 11.6 Å². The minimum Gasteiger partial charge on any atom is -0.399 e. The van der Waals surface area contributed by atoms with E-state index >= 15 is 4.39 Å². The van der Waals surface area contributed by atoms with Crippen LogP contribution in [-0.4, -0.2) is 92.8 Å². The minimum absolute atomic E-state index is 0.0437. The summed E-state index contributed by atoms with van der Waals surface area (Å²) in [5, 5.41) is 5.03. The quantitative estimate of drug-likeness (QED) is 0.162. The van der Waals surface area contributed by atoms with E-state index in [0.29, 0.717) is 28.6 Å². The van der Waals surface area contributed by atoms with Crippen molar-refractivity contribution in [2.24, 2.45) is 5.41 Å². The second-order valence-electron chi connectivity index (χ2n) is 17.1. The Morgan fingerprint density at radius 1 is 0.933 bits per heavy atom. The maximum absolute atomic E-state index is 15.9. The maximum Gasteiger partial charge on any atom is 0.255 e. The molecule has 3 amide bonds. The van der Waals surface area contributed by atoms with E-state index in [9.17, 15) is 18.8 Å². The number of amides is 3.